The maximum Gasteiger partial charge on any atom is 0.269 e. The number of rotatable bonds is 2. The van der Waals surface area contributed by atoms with E-state index in [-0.39, 0.29) is 11.6 Å². The Morgan fingerprint density at radius 3 is 2.78 bits per heavy atom. The summed E-state index contributed by atoms with van der Waals surface area (Å²) in [6.45, 7) is 4.71. The summed E-state index contributed by atoms with van der Waals surface area (Å²) in [4.78, 5) is 15.7. The first kappa shape index (κ1) is 19.3. The van der Waals surface area contributed by atoms with Crippen LogP contribution in [0.3, 0.4) is 0 Å². The molecular weight excluding hydrogens is 424 g/mol. The number of nitrogens with zero attached hydrogens (tertiary/aromatic N) is 4. The second kappa shape index (κ2) is 7.06. The molecule has 2 unspecified atom stereocenters. The van der Waals surface area contributed by atoms with Crippen molar-refractivity contribution in [1.82, 2.24) is 14.8 Å². The molecule has 32 heavy (non-hydrogen) atoms. The number of non-ortho nitro benzene ring substituents is 1. The van der Waals surface area contributed by atoms with E-state index in [1.807, 2.05) is 6.92 Å². The van der Waals surface area contributed by atoms with Crippen molar-refractivity contribution < 1.29 is 9.66 Å². The molecule has 0 bridgehead atoms. The summed E-state index contributed by atoms with van der Waals surface area (Å²) < 4.78 is 8.00. The lowest BCUT2D eigenvalue weighted by Crippen LogP contribution is -2.32. The van der Waals surface area contributed by atoms with Crippen LogP contribution in [0.25, 0.3) is 16.6 Å². The highest BCUT2D eigenvalue weighted by molar-refractivity contribution is 7.99. The number of aromatic nitrogens is 3. The average Bonchev–Trinajstić information content (AvgIpc) is 3.14. The van der Waals surface area contributed by atoms with Crippen LogP contribution >= 0.6 is 11.8 Å². The molecule has 8 heteroatoms. The Kier molecular flexibility index (Phi) is 4.26. The maximum atomic E-state index is 11.0. The summed E-state index contributed by atoms with van der Waals surface area (Å²) in [5, 5.41) is 18.0. The number of hydrogen-bond acceptors (Lipinski definition) is 6. The molecule has 4 heterocycles. The number of hydrogen-bond donors (Lipinski definition) is 0. The van der Waals surface area contributed by atoms with Crippen molar-refractivity contribution in [1.29, 1.82) is 0 Å². The van der Waals surface area contributed by atoms with E-state index in [1.54, 1.807) is 28.6 Å². The van der Waals surface area contributed by atoms with Crippen molar-refractivity contribution in [2.24, 2.45) is 5.92 Å². The van der Waals surface area contributed by atoms with E-state index in [9.17, 15) is 10.1 Å². The van der Waals surface area contributed by atoms with Gasteiger partial charge in [0.25, 0.3) is 5.69 Å². The summed E-state index contributed by atoms with van der Waals surface area (Å²) in [6, 6.07) is 15.0. The number of ether oxygens (including phenoxy) is 1. The number of thioether (sulfide) groups is 1. The molecular formula is C24H20N4O3S. The van der Waals surface area contributed by atoms with Gasteiger partial charge in [0.2, 0.25) is 5.88 Å². The number of benzene rings is 2. The molecule has 2 aromatic heterocycles. The fraction of sp³-hybridized carbons (Fsp3) is 0.250. The van der Waals surface area contributed by atoms with E-state index in [2.05, 4.69) is 31.2 Å². The van der Waals surface area contributed by atoms with Gasteiger partial charge in [0.1, 0.15) is 5.03 Å². The minimum Gasteiger partial charge on any atom is -0.477 e. The molecule has 160 valence electrons. The number of nitro benzene ring substituents is 1. The average molecular weight is 445 g/mol. The first-order valence-electron chi connectivity index (χ1n) is 10.5. The van der Waals surface area contributed by atoms with Crippen LogP contribution < -0.4 is 4.74 Å². The van der Waals surface area contributed by atoms with Crippen LogP contribution in [0.5, 0.6) is 5.88 Å². The first-order valence-corrected chi connectivity index (χ1v) is 11.5. The number of nitro groups is 1. The van der Waals surface area contributed by atoms with E-state index >= 15 is 0 Å². The van der Waals surface area contributed by atoms with E-state index in [0.717, 1.165) is 44.5 Å². The summed E-state index contributed by atoms with van der Waals surface area (Å²) in [6.07, 6.45) is 0. The summed E-state index contributed by atoms with van der Waals surface area (Å²) in [5.74, 6) is 2.18. The Morgan fingerprint density at radius 2 is 2.00 bits per heavy atom. The number of para-hydroxylation sites is 1. The number of pyridine rings is 1. The molecule has 0 saturated carbocycles. The van der Waals surface area contributed by atoms with Crippen molar-refractivity contribution in [2.75, 3.05) is 12.4 Å². The zero-order chi connectivity index (χ0) is 22.0. The Hall–Kier alpha value is -3.39. The lowest BCUT2D eigenvalue weighted by atomic mass is 9.80. The van der Waals surface area contributed by atoms with Crippen LogP contribution in [0, 0.1) is 29.9 Å². The Morgan fingerprint density at radius 1 is 1.19 bits per heavy atom. The number of aryl methyl sites for hydroxylation is 2. The van der Waals surface area contributed by atoms with Gasteiger partial charge in [-0.3, -0.25) is 10.1 Å². The molecule has 0 N–H and O–H groups in total. The second-order valence-corrected chi connectivity index (χ2v) is 9.39. The predicted molar refractivity (Wildman–Crippen MR) is 123 cm³/mol. The van der Waals surface area contributed by atoms with Crippen molar-refractivity contribution >= 4 is 28.4 Å². The van der Waals surface area contributed by atoms with Crippen LogP contribution in [0.2, 0.25) is 0 Å². The summed E-state index contributed by atoms with van der Waals surface area (Å²) in [7, 11) is 0. The molecule has 0 radical (unpaired) electrons. The standard InChI is InChI=1S/C24H20N4O3S/c1-13-4-3-5-15-10-19-21-16(12-32-23(19)25-22(13)15)11-31-24-20(21)14(2)26-27(24)17-6-8-18(9-7-17)28(29)30/h3-10,16,21H,11-12H2,1-2H3. The van der Waals surface area contributed by atoms with Gasteiger partial charge >= 0.3 is 0 Å². The van der Waals surface area contributed by atoms with Gasteiger partial charge in [0.05, 0.1) is 28.4 Å². The van der Waals surface area contributed by atoms with Gasteiger partial charge in [-0.15, -0.1) is 11.8 Å². The predicted octanol–water partition coefficient (Wildman–Crippen LogP) is 5.19. The molecule has 2 aliphatic heterocycles. The zero-order valence-electron chi connectivity index (χ0n) is 17.6. The zero-order valence-corrected chi connectivity index (χ0v) is 18.4. The smallest absolute Gasteiger partial charge is 0.269 e. The van der Waals surface area contributed by atoms with E-state index in [4.69, 9.17) is 14.8 Å². The van der Waals surface area contributed by atoms with E-state index < -0.39 is 4.92 Å². The lowest BCUT2D eigenvalue weighted by molar-refractivity contribution is -0.384. The van der Waals surface area contributed by atoms with Gasteiger partial charge < -0.3 is 4.74 Å². The third-order valence-corrected chi connectivity index (χ3v) is 7.59. The molecule has 2 aromatic carbocycles. The third kappa shape index (κ3) is 2.82. The molecule has 0 fully saturated rings. The summed E-state index contributed by atoms with van der Waals surface area (Å²) >= 11 is 1.80. The SMILES string of the molecule is Cc1nn(-c2ccc([N+](=O)[O-])cc2)c2c1C1c3cc4cccc(C)c4nc3SCC1CO2. The largest absolute Gasteiger partial charge is 0.477 e. The maximum absolute atomic E-state index is 11.0. The highest BCUT2D eigenvalue weighted by atomic mass is 32.2. The monoisotopic (exact) mass is 444 g/mol. The first-order chi connectivity index (χ1) is 15.5. The highest BCUT2D eigenvalue weighted by Gasteiger charge is 2.41. The van der Waals surface area contributed by atoms with Gasteiger partial charge in [-0.1, -0.05) is 18.2 Å². The van der Waals surface area contributed by atoms with Crippen LogP contribution in [0.15, 0.2) is 53.6 Å². The van der Waals surface area contributed by atoms with Crippen LogP contribution in [0.4, 0.5) is 5.69 Å². The van der Waals surface area contributed by atoms with Crippen LogP contribution in [0.1, 0.15) is 28.3 Å². The van der Waals surface area contributed by atoms with Gasteiger partial charge in [-0.2, -0.15) is 5.10 Å². The Labute approximate surface area is 188 Å². The number of fused-ring (bicyclic) bond motifs is 6. The lowest BCUT2D eigenvalue weighted by Gasteiger charge is -2.36. The van der Waals surface area contributed by atoms with Gasteiger partial charge in [-0.05, 0) is 43.2 Å². The van der Waals surface area contributed by atoms with Gasteiger partial charge in [0.15, 0.2) is 0 Å². The quantitative estimate of drug-likeness (QED) is 0.312. The molecule has 6 rings (SSSR count). The molecule has 7 nitrogen and oxygen atoms in total. The van der Waals surface area contributed by atoms with Gasteiger partial charge in [0, 0.05) is 40.7 Å². The minimum atomic E-state index is -0.398. The fourth-order valence-electron chi connectivity index (χ4n) is 4.85. The van der Waals surface area contributed by atoms with Crippen LogP contribution in [-0.2, 0) is 0 Å². The summed E-state index contributed by atoms with van der Waals surface area (Å²) in [5.41, 5.74) is 6.28. The molecule has 2 atom stereocenters. The fourth-order valence-corrected chi connectivity index (χ4v) is 6.02. The van der Waals surface area contributed by atoms with Crippen molar-refractivity contribution in [2.45, 2.75) is 24.8 Å². The van der Waals surface area contributed by atoms with Crippen LogP contribution in [-0.4, -0.2) is 32.0 Å². The molecule has 0 aliphatic carbocycles. The van der Waals surface area contributed by atoms with Crippen molar-refractivity contribution in [3.63, 3.8) is 0 Å². The van der Waals surface area contributed by atoms with E-state index in [1.165, 1.54) is 23.3 Å². The third-order valence-electron chi connectivity index (χ3n) is 6.39. The topological polar surface area (TPSA) is 83.1 Å². The Balaban J connectivity index is 1.51. The minimum absolute atomic E-state index is 0.0546. The molecule has 4 aromatic rings. The van der Waals surface area contributed by atoms with E-state index in [0.29, 0.717) is 12.5 Å². The second-order valence-electron chi connectivity index (χ2n) is 8.38. The molecule has 0 amide bonds. The van der Waals surface area contributed by atoms with Crippen molar-refractivity contribution in [3.05, 3.63) is 81.0 Å². The normalized spacial score (nSPS) is 19.1. The molecule has 0 saturated heterocycles. The van der Waals surface area contributed by atoms with Crippen molar-refractivity contribution in [3.8, 4) is 11.6 Å². The van der Waals surface area contributed by atoms with Gasteiger partial charge in [-0.25, -0.2) is 9.67 Å². The molecule has 2 aliphatic rings. The highest BCUT2D eigenvalue weighted by Crippen LogP contribution is 2.51. The molecule has 0 spiro atoms. The Bertz CT molecular complexity index is 1400.